The van der Waals surface area contributed by atoms with E-state index in [9.17, 15) is 9.59 Å². The van der Waals surface area contributed by atoms with Gasteiger partial charge in [-0.3, -0.25) is 0 Å². The molecule has 5 heteroatoms. The van der Waals surface area contributed by atoms with Crippen LogP contribution in [0.25, 0.3) is 0 Å². The van der Waals surface area contributed by atoms with Crippen LogP contribution in [0.3, 0.4) is 0 Å². The molecule has 1 aliphatic heterocycles. The van der Waals surface area contributed by atoms with Crippen LogP contribution >= 0.6 is 0 Å². The Balaban J connectivity index is 2.02. The van der Waals surface area contributed by atoms with Gasteiger partial charge < -0.3 is 0 Å². The maximum atomic E-state index is 11.7. The van der Waals surface area contributed by atoms with Gasteiger partial charge in [0.2, 0.25) is 0 Å². The Bertz CT molecular complexity index is 477. The number of benzene rings is 1. The van der Waals surface area contributed by atoms with Crippen molar-refractivity contribution in [1.82, 2.24) is 4.90 Å². The third-order valence-electron chi connectivity index (χ3n) is 3.37. The zero-order valence-corrected chi connectivity index (χ0v) is 13.5. The number of rotatable bonds is 4. The van der Waals surface area contributed by atoms with Crippen molar-refractivity contribution in [3.8, 4) is 0 Å². The number of nitrogens with zero attached hydrogens (tertiary/aromatic N) is 1. The van der Waals surface area contributed by atoms with Crippen LogP contribution in [0.15, 0.2) is 30.3 Å². The number of amides is 1. The van der Waals surface area contributed by atoms with Crippen molar-refractivity contribution in [3.63, 3.8) is 0 Å². The van der Waals surface area contributed by atoms with Crippen molar-refractivity contribution in [2.45, 2.75) is 37.7 Å². The van der Waals surface area contributed by atoms with E-state index >= 15 is 0 Å². The van der Waals surface area contributed by atoms with Gasteiger partial charge in [-0.15, -0.1) is 0 Å². The molecule has 108 valence electrons. The first-order valence-corrected chi connectivity index (χ1v) is 8.77. The Hall–Kier alpha value is -1.32. The predicted molar refractivity (Wildman–Crippen MR) is 78.0 cm³/mol. The van der Waals surface area contributed by atoms with Crippen molar-refractivity contribution in [1.29, 1.82) is 0 Å². The maximum absolute atomic E-state index is 11.7. The van der Waals surface area contributed by atoms with Gasteiger partial charge in [0, 0.05) is 0 Å². The summed E-state index contributed by atoms with van der Waals surface area (Å²) >= 11 is 0.280. The third-order valence-corrected chi connectivity index (χ3v) is 5.71. The quantitative estimate of drug-likeness (QED) is 0.607. The summed E-state index contributed by atoms with van der Waals surface area (Å²) in [6, 6.07) is 10.3. The summed E-state index contributed by atoms with van der Waals surface area (Å²) in [5, 5.41) is 0.883. The Kier molecular flexibility index (Phi) is 5.21. The second-order valence-electron chi connectivity index (χ2n) is 4.84. The van der Waals surface area contributed by atoms with Crippen molar-refractivity contribution < 1.29 is 14.3 Å². The molecule has 1 saturated heterocycles. The Labute approximate surface area is 125 Å². The minimum atomic E-state index is -0.266. The molecular weight excluding hydrogens is 321 g/mol. The molecule has 1 aromatic carbocycles. The Morgan fingerprint density at radius 2 is 2.00 bits per heavy atom. The molecule has 1 fully saturated rings. The van der Waals surface area contributed by atoms with E-state index < -0.39 is 0 Å². The number of carbonyl (C=O) groups is 2. The normalized spacial score (nSPS) is 21.8. The molecule has 2 atom stereocenters. The summed E-state index contributed by atoms with van der Waals surface area (Å²) in [5.74, 6) is -0.203. The number of ether oxygens (including phenoxy) is 1. The van der Waals surface area contributed by atoms with E-state index in [4.69, 9.17) is 4.74 Å². The van der Waals surface area contributed by atoms with Crippen LogP contribution in [-0.4, -0.2) is 50.4 Å². The average molecular weight is 340 g/mol. The minimum absolute atomic E-state index is 0.0246. The molecule has 1 aromatic rings. The van der Waals surface area contributed by atoms with Crippen molar-refractivity contribution in [2.24, 2.45) is 0 Å². The molecule has 0 aliphatic carbocycles. The first-order valence-electron chi connectivity index (χ1n) is 6.70. The second-order valence-corrected chi connectivity index (χ2v) is 7.13. The number of hydrogen-bond donors (Lipinski definition) is 0. The molecule has 0 unspecified atom stereocenters. The van der Waals surface area contributed by atoms with Gasteiger partial charge in [-0.25, -0.2) is 0 Å². The van der Waals surface area contributed by atoms with Crippen molar-refractivity contribution >= 4 is 31.3 Å². The van der Waals surface area contributed by atoms with E-state index in [1.807, 2.05) is 23.1 Å². The zero-order valence-electron chi connectivity index (χ0n) is 11.7. The topological polar surface area (TPSA) is 46.6 Å². The molecule has 1 amide bonds. The van der Waals surface area contributed by atoms with Gasteiger partial charge >= 0.3 is 125 Å². The summed E-state index contributed by atoms with van der Waals surface area (Å²) in [7, 11) is 0. The van der Waals surface area contributed by atoms with E-state index in [2.05, 4.69) is 12.1 Å². The first kappa shape index (κ1) is 15.1. The van der Waals surface area contributed by atoms with Crippen LogP contribution in [0.1, 0.15) is 20.3 Å². The molecule has 1 aliphatic rings. The van der Waals surface area contributed by atoms with Crippen LogP contribution < -0.4 is 4.46 Å². The van der Waals surface area contributed by atoms with E-state index in [0.717, 1.165) is 11.7 Å². The second kappa shape index (κ2) is 6.91. The van der Waals surface area contributed by atoms with Crippen LogP contribution in [0.4, 0.5) is 0 Å². The van der Waals surface area contributed by atoms with Crippen LogP contribution in [0, 0.1) is 0 Å². The SMILES string of the molecule is CC(=O)O[C@@H]1CCN(C(C)=O)[C@@H]1C[Se]c1ccccc1. The van der Waals surface area contributed by atoms with Crippen LogP contribution in [0.5, 0.6) is 0 Å². The molecule has 0 aromatic heterocycles. The van der Waals surface area contributed by atoms with Crippen molar-refractivity contribution in [2.75, 3.05) is 6.54 Å². The Morgan fingerprint density at radius 1 is 1.30 bits per heavy atom. The monoisotopic (exact) mass is 341 g/mol. The first-order chi connectivity index (χ1) is 9.58. The molecule has 1 heterocycles. The molecular formula is C15H19NO3Se. The number of carbonyl (C=O) groups excluding carboxylic acids is 2. The van der Waals surface area contributed by atoms with E-state index in [1.165, 1.54) is 11.4 Å². The van der Waals surface area contributed by atoms with E-state index in [-0.39, 0.29) is 39.0 Å². The molecule has 0 spiro atoms. The van der Waals surface area contributed by atoms with Crippen LogP contribution in [0.2, 0.25) is 5.32 Å². The molecule has 0 bridgehead atoms. The van der Waals surface area contributed by atoms with Gasteiger partial charge in [0.15, 0.2) is 0 Å². The molecule has 0 N–H and O–H groups in total. The standard InChI is InChI=1S/C15H19NO3Se/c1-11(17)16-9-8-15(19-12(2)18)14(16)10-20-13-6-4-3-5-7-13/h3-7,14-15H,8-10H2,1-2H3/t14-,15-/m1/s1. The van der Waals surface area contributed by atoms with Crippen molar-refractivity contribution in [3.05, 3.63) is 30.3 Å². The van der Waals surface area contributed by atoms with Crippen LogP contribution in [-0.2, 0) is 14.3 Å². The molecule has 4 nitrogen and oxygen atoms in total. The van der Waals surface area contributed by atoms with Gasteiger partial charge in [0.25, 0.3) is 0 Å². The third kappa shape index (κ3) is 3.84. The molecule has 0 radical (unpaired) electrons. The predicted octanol–water partition coefficient (Wildman–Crippen LogP) is 0.987. The van der Waals surface area contributed by atoms with Gasteiger partial charge in [-0.1, -0.05) is 0 Å². The average Bonchev–Trinajstić information content (AvgIpc) is 2.80. The number of hydrogen-bond acceptors (Lipinski definition) is 3. The summed E-state index contributed by atoms with van der Waals surface area (Å²) in [4.78, 5) is 24.7. The van der Waals surface area contributed by atoms with Gasteiger partial charge in [0.05, 0.1) is 0 Å². The fourth-order valence-electron chi connectivity index (χ4n) is 2.46. The fourth-order valence-corrected chi connectivity index (χ4v) is 4.79. The Morgan fingerprint density at radius 3 is 2.60 bits per heavy atom. The zero-order chi connectivity index (χ0) is 14.5. The summed E-state index contributed by atoms with van der Waals surface area (Å²) in [6.45, 7) is 3.69. The van der Waals surface area contributed by atoms with E-state index in [0.29, 0.717) is 6.54 Å². The van der Waals surface area contributed by atoms with E-state index in [1.54, 1.807) is 6.92 Å². The van der Waals surface area contributed by atoms with Gasteiger partial charge in [0.1, 0.15) is 0 Å². The van der Waals surface area contributed by atoms with Gasteiger partial charge in [-0.05, 0) is 0 Å². The fraction of sp³-hybridized carbons (Fsp3) is 0.467. The molecule has 0 saturated carbocycles. The molecule has 20 heavy (non-hydrogen) atoms. The number of esters is 1. The summed E-state index contributed by atoms with van der Waals surface area (Å²) < 4.78 is 6.67. The summed E-state index contributed by atoms with van der Waals surface area (Å²) in [6.07, 6.45) is 0.594. The number of likely N-dealkylation sites (tertiary alicyclic amines) is 1. The molecule has 2 rings (SSSR count). The van der Waals surface area contributed by atoms with Gasteiger partial charge in [-0.2, -0.15) is 0 Å². The summed E-state index contributed by atoms with van der Waals surface area (Å²) in [5.41, 5.74) is 0.